The van der Waals surface area contributed by atoms with Crippen molar-refractivity contribution < 1.29 is 14.0 Å². The zero-order valence-electron chi connectivity index (χ0n) is 13.6. The molecule has 5 nitrogen and oxygen atoms in total. The molecule has 1 aromatic rings. The molecule has 1 aliphatic heterocycles. The van der Waals surface area contributed by atoms with Gasteiger partial charge in [-0.2, -0.15) is 0 Å². The molecule has 126 valence electrons. The summed E-state index contributed by atoms with van der Waals surface area (Å²) in [7, 11) is 0. The molecule has 2 fully saturated rings. The summed E-state index contributed by atoms with van der Waals surface area (Å²) in [6, 6.07) is 3.92. The molecular formula is C18H26N2O3. The van der Waals surface area contributed by atoms with Gasteiger partial charge in [-0.3, -0.25) is 9.59 Å². The summed E-state index contributed by atoms with van der Waals surface area (Å²) >= 11 is 0. The van der Waals surface area contributed by atoms with Crippen LogP contribution >= 0.6 is 0 Å². The van der Waals surface area contributed by atoms with Crippen LogP contribution in [-0.2, 0) is 9.59 Å². The van der Waals surface area contributed by atoms with Gasteiger partial charge in [0.05, 0.1) is 12.3 Å². The van der Waals surface area contributed by atoms with E-state index >= 15 is 0 Å². The Bertz CT molecular complexity index is 522. The molecule has 1 N–H and O–H groups in total. The lowest BCUT2D eigenvalue weighted by Gasteiger charge is -2.28. The largest absolute Gasteiger partial charge is 0.467 e. The van der Waals surface area contributed by atoms with Gasteiger partial charge in [-0.15, -0.1) is 0 Å². The van der Waals surface area contributed by atoms with E-state index in [1.165, 1.54) is 6.42 Å². The Balaban J connectivity index is 1.49. The van der Waals surface area contributed by atoms with E-state index in [1.807, 2.05) is 17.0 Å². The van der Waals surface area contributed by atoms with Crippen LogP contribution < -0.4 is 5.32 Å². The third-order valence-corrected chi connectivity index (χ3v) is 4.76. The van der Waals surface area contributed by atoms with Crippen molar-refractivity contribution in [1.29, 1.82) is 0 Å². The molecule has 0 bridgehead atoms. The lowest BCUT2D eigenvalue weighted by atomic mass is 10.1. The van der Waals surface area contributed by atoms with Crippen LogP contribution in [0.1, 0.15) is 63.2 Å². The highest BCUT2D eigenvalue weighted by Crippen LogP contribution is 2.31. The van der Waals surface area contributed by atoms with E-state index < -0.39 is 0 Å². The molecule has 0 unspecified atom stereocenters. The van der Waals surface area contributed by atoms with Gasteiger partial charge in [0.15, 0.2) is 0 Å². The first-order valence-corrected chi connectivity index (χ1v) is 8.86. The van der Waals surface area contributed by atoms with E-state index in [9.17, 15) is 9.59 Å². The smallest absolute Gasteiger partial charge is 0.223 e. The van der Waals surface area contributed by atoms with Crippen LogP contribution in [0.2, 0.25) is 0 Å². The molecule has 1 aromatic heterocycles. The van der Waals surface area contributed by atoms with Crippen LogP contribution in [0.15, 0.2) is 22.8 Å². The van der Waals surface area contributed by atoms with Gasteiger partial charge < -0.3 is 14.6 Å². The fourth-order valence-electron chi connectivity index (χ4n) is 3.27. The van der Waals surface area contributed by atoms with Crippen LogP contribution in [0.3, 0.4) is 0 Å². The van der Waals surface area contributed by atoms with Crippen molar-refractivity contribution in [2.75, 3.05) is 13.1 Å². The van der Waals surface area contributed by atoms with E-state index in [2.05, 4.69) is 5.32 Å². The summed E-state index contributed by atoms with van der Waals surface area (Å²) < 4.78 is 5.55. The number of carbonyl (C=O) groups excluding carboxylic acids is 2. The second kappa shape index (κ2) is 7.66. The zero-order chi connectivity index (χ0) is 16.1. The Labute approximate surface area is 137 Å². The Morgan fingerprint density at radius 1 is 1.22 bits per heavy atom. The number of nitrogens with zero attached hydrogens (tertiary/aromatic N) is 1. The highest BCUT2D eigenvalue weighted by atomic mass is 16.3. The molecule has 2 aliphatic rings. The molecule has 1 atom stereocenters. The third-order valence-electron chi connectivity index (χ3n) is 4.76. The van der Waals surface area contributed by atoms with Crippen molar-refractivity contribution in [3.8, 4) is 0 Å². The molecule has 3 rings (SSSR count). The normalized spacial score (nSPS) is 21.7. The van der Waals surface area contributed by atoms with Crippen molar-refractivity contribution in [3.05, 3.63) is 24.2 Å². The summed E-state index contributed by atoms with van der Waals surface area (Å²) in [5, 5.41) is 2.93. The number of likely N-dealkylation sites (tertiary alicyclic amines) is 1. The van der Waals surface area contributed by atoms with Gasteiger partial charge in [0, 0.05) is 25.4 Å². The maximum atomic E-state index is 12.6. The number of amides is 2. The predicted octanol–water partition coefficient (Wildman–Crippen LogP) is 3.03. The van der Waals surface area contributed by atoms with Gasteiger partial charge >= 0.3 is 0 Å². The molecule has 0 spiro atoms. The standard InChI is InChI=1S/C18H26N2O3/c21-17(8-4-11-19-18(22)14-9-10-14)20-12-3-1-2-6-15(20)16-7-5-13-23-16/h5,7,13-15H,1-4,6,8-12H2,(H,19,22)/t15-/m0/s1. The summed E-state index contributed by atoms with van der Waals surface area (Å²) in [6.45, 7) is 1.40. The first-order chi connectivity index (χ1) is 11.3. The Morgan fingerprint density at radius 3 is 2.83 bits per heavy atom. The van der Waals surface area contributed by atoms with Crippen molar-refractivity contribution in [1.82, 2.24) is 10.2 Å². The van der Waals surface area contributed by atoms with E-state index in [1.54, 1.807) is 6.26 Å². The molecule has 1 saturated carbocycles. The third kappa shape index (κ3) is 4.36. The van der Waals surface area contributed by atoms with E-state index in [4.69, 9.17) is 4.42 Å². The van der Waals surface area contributed by atoms with Gasteiger partial charge in [-0.05, 0) is 44.2 Å². The minimum atomic E-state index is 0.0704. The predicted molar refractivity (Wildman–Crippen MR) is 86.6 cm³/mol. The van der Waals surface area contributed by atoms with Gasteiger partial charge in [-0.1, -0.05) is 12.8 Å². The van der Waals surface area contributed by atoms with Crippen LogP contribution in [-0.4, -0.2) is 29.8 Å². The minimum absolute atomic E-state index is 0.0704. The summed E-state index contributed by atoms with van der Waals surface area (Å²) in [6.07, 6.45) is 9.23. The van der Waals surface area contributed by atoms with E-state index in [0.29, 0.717) is 19.4 Å². The second-order valence-corrected chi connectivity index (χ2v) is 6.64. The number of nitrogens with one attached hydrogen (secondary N) is 1. The number of hydrogen-bond acceptors (Lipinski definition) is 3. The molecule has 1 aliphatic carbocycles. The molecule has 1 saturated heterocycles. The highest BCUT2D eigenvalue weighted by Gasteiger charge is 2.30. The summed E-state index contributed by atoms with van der Waals surface area (Å²) in [5.74, 6) is 1.46. The SMILES string of the molecule is O=C(NCCCC(=O)N1CCCCC[C@H]1c1ccco1)C1CC1. The number of furan rings is 1. The van der Waals surface area contributed by atoms with Crippen LogP contribution in [0.4, 0.5) is 0 Å². The first-order valence-electron chi connectivity index (χ1n) is 8.86. The quantitative estimate of drug-likeness (QED) is 0.820. The average molecular weight is 318 g/mol. The lowest BCUT2D eigenvalue weighted by molar-refractivity contribution is -0.134. The second-order valence-electron chi connectivity index (χ2n) is 6.64. The molecule has 0 aromatic carbocycles. The van der Waals surface area contributed by atoms with Crippen molar-refractivity contribution in [2.24, 2.45) is 5.92 Å². The molecule has 5 heteroatoms. The Kier molecular flexibility index (Phi) is 5.36. The van der Waals surface area contributed by atoms with Gasteiger partial charge in [-0.25, -0.2) is 0 Å². The summed E-state index contributed by atoms with van der Waals surface area (Å²) in [5.41, 5.74) is 0. The van der Waals surface area contributed by atoms with Crippen molar-refractivity contribution >= 4 is 11.8 Å². The van der Waals surface area contributed by atoms with Gasteiger partial charge in [0.25, 0.3) is 0 Å². The van der Waals surface area contributed by atoms with Crippen LogP contribution in [0, 0.1) is 5.92 Å². The first kappa shape index (κ1) is 16.1. The van der Waals surface area contributed by atoms with Gasteiger partial charge in [0.1, 0.15) is 5.76 Å². The van der Waals surface area contributed by atoms with Crippen LogP contribution in [0.5, 0.6) is 0 Å². The van der Waals surface area contributed by atoms with Crippen molar-refractivity contribution in [2.45, 2.75) is 57.4 Å². The van der Waals surface area contributed by atoms with Gasteiger partial charge in [0.2, 0.25) is 11.8 Å². The average Bonchev–Trinajstić information content (AvgIpc) is 3.32. The van der Waals surface area contributed by atoms with E-state index in [0.717, 1.165) is 44.4 Å². The van der Waals surface area contributed by atoms with Crippen molar-refractivity contribution in [3.63, 3.8) is 0 Å². The maximum Gasteiger partial charge on any atom is 0.223 e. The molecule has 2 heterocycles. The molecular weight excluding hydrogens is 292 g/mol. The minimum Gasteiger partial charge on any atom is -0.467 e. The molecule has 0 radical (unpaired) electrons. The number of hydrogen-bond donors (Lipinski definition) is 1. The molecule has 23 heavy (non-hydrogen) atoms. The van der Waals surface area contributed by atoms with E-state index in [-0.39, 0.29) is 23.8 Å². The monoisotopic (exact) mass is 318 g/mol. The fourth-order valence-corrected chi connectivity index (χ4v) is 3.27. The molecule has 2 amide bonds. The number of carbonyl (C=O) groups is 2. The summed E-state index contributed by atoms with van der Waals surface area (Å²) in [4.78, 5) is 26.2. The maximum absolute atomic E-state index is 12.6. The fraction of sp³-hybridized carbons (Fsp3) is 0.667. The number of rotatable bonds is 6. The highest BCUT2D eigenvalue weighted by molar-refractivity contribution is 5.81. The Hall–Kier alpha value is -1.78. The topological polar surface area (TPSA) is 62.6 Å². The Morgan fingerprint density at radius 2 is 2.09 bits per heavy atom. The van der Waals surface area contributed by atoms with Crippen LogP contribution in [0.25, 0.3) is 0 Å². The lowest BCUT2D eigenvalue weighted by Crippen LogP contribution is -2.35. The zero-order valence-corrected chi connectivity index (χ0v) is 13.6.